The van der Waals surface area contributed by atoms with Gasteiger partial charge >= 0.3 is 0 Å². The highest BCUT2D eigenvalue weighted by molar-refractivity contribution is 6.00. The second-order valence-corrected chi connectivity index (χ2v) is 8.85. The summed E-state index contributed by atoms with van der Waals surface area (Å²) in [6.07, 6.45) is 1.17. The molecule has 132 valence electrons. The SMILES string of the molecule is Cc1cccc(N2CC(C(=O)NC(C)(C)CC(C)(C)C)CC2=O)c1. The van der Waals surface area contributed by atoms with Crippen molar-refractivity contribution in [3.8, 4) is 0 Å². The smallest absolute Gasteiger partial charge is 0.227 e. The van der Waals surface area contributed by atoms with Crippen molar-refractivity contribution in [2.75, 3.05) is 11.4 Å². The lowest BCUT2D eigenvalue weighted by Crippen LogP contribution is -2.48. The molecule has 0 radical (unpaired) electrons. The fraction of sp³-hybridized carbons (Fsp3) is 0.600. The van der Waals surface area contributed by atoms with E-state index >= 15 is 0 Å². The fourth-order valence-corrected chi connectivity index (χ4v) is 3.73. The van der Waals surface area contributed by atoms with Gasteiger partial charge in [0.1, 0.15) is 0 Å². The van der Waals surface area contributed by atoms with Gasteiger partial charge < -0.3 is 10.2 Å². The van der Waals surface area contributed by atoms with Crippen molar-refractivity contribution in [3.63, 3.8) is 0 Å². The molecule has 0 aliphatic carbocycles. The largest absolute Gasteiger partial charge is 0.351 e. The van der Waals surface area contributed by atoms with E-state index in [-0.39, 0.29) is 35.1 Å². The maximum atomic E-state index is 12.6. The number of carbonyl (C=O) groups is 2. The molecule has 1 atom stereocenters. The molecule has 1 aliphatic heterocycles. The van der Waals surface area contributed by atoms with Gasteiger partial charge in [-0.15, -0.1) is 0 Å². The lowest BCUT2D eigenvalue weighted by Gasteiger charge is -2.34. The maximum absolute atomic E-state index is 12.6. The van der Waals surface area contributed by atoms with Gasteiger partial charge in [0, 0.05) is 24.2 Å². The van der Waals surface area contributed by atoms with Gasteiger partial charge in [-0.25, -0.2) is 0 Å². The van der Waals surface area contributed by atoms with Gasteiger partial charge in [-0.05, 0) is 50.3 Å². The Morgan fingerprint density at radius 2 is 1.92 bits per heavy atom. The van der Waals surface area contributed by atoms with Crippen molar-refractivity contribution in [1.29, 1.82) is 0 Å². The summed E-state index contributed by atoms with van der Waals surface area (Å²) in [5.41, 5.74) is 1.84. The Morgan fingerprint density at radius 1 is 1.25 bits per heavy atom. The van der Waals surface area contributed by atoms with Crippen LogP contribution in [0.4, 0.5) is 5.69 Å². The van der Waals surface area contributed by atoms with E-state index in [2.05, 4.69) is 26.1 Å². The van der Waals surface area contributed by atoms with Crippen LogP contribution in [-0.2, 0) is 9.59 Å². The highest BCUT2D eigenvalue weighted by Crippen LogP contribution is 2.29. The molecule has 1 aromatic carbocycles. The molecule has 2 rings (SSSR count). The van der Waals surface area contributed by atoms with Crippen LogP contribution < -0.4 is 10.2 Å². The molecule has 4 nitrogen and oxygen atoms in total. The first-order valence-electron chi connectivity index (χ1n) is 8.66. The Morgan fingerprint density at radius 3 is 2.50 bits per heavy atom. The third-order valence-corrected chi connectivity index (χ3v) is 4.24. The van der Waals surface area contributed by atoms with E-state index in [1.54, 1.807) is 4.90 Å². The third kappa shape index (κ3) is 4.83. The summed E-state index contributed by atoms with van der Waals surface area (Å²) in [5.74, 6) is -0.278. The number of carbonyl (C=O) groups excluding carboxylic acids is 2. The normalized spacial score (nSPS) is 18.8. The van der Waals surface area contributed by atoms with Gasteiger partial charge in [-0.2, -0.15) is 0 Å². The summed E-state index contributed by atoms with van der Waals surface area (Å²) in [6.45, 7) is 13.1. The summed E-state index contributed by atoms with van der Waals surface area (Å²) in [4.78, 5) is 26.7. The zero-order valence-corrected chi connectivity index (χ0v) is 15.8. The van der Waals surface area contributed by atoms with Crippen LogP contribution in [-0.4, -0.2) is 23.9 Å². The van der Waals surface area contributed by atoms with E-state index in [0.717, 1.165) is 17.7 Å². The summed E-state index contributed by atoms with van der Waals surface area (Å²) in [6, 6.07) is 7.86. The highest BCUT2D eigenvalue weighted by Gasteiger charge is 2.37. The van der Waals surface area contributed by atoms with E-state index in [4.69, 9.17) is 0 Å². The summed E-state index contributed by atoms with van der Waals surface area (Å²) >= 11 is 0. The van der Waals surface area contributed by atoms with Gasteiger partial charge in [-0.3, -0.25) is 9.59 Å². The van der Waals surface area contributed by atoms with Crippen LogP contribution in [0.5, 0.6) is 0 Å². The van der Waals surface area contributed by atoms with E-state index in [9.17, 15) is 9.59 Å². The van der Waals surface area contributed by atoms with Gasteiger partial charge in [-0.1, -0.05) is 32.9 Å². The highest BCUT2D eigenvalue weighted by atomic mass is 16.2. The molecule has 0 saturated carbocycles. The van der Waals surface area contributed by atoms with E-state index in [1.165, 1.54) is 0 Å². The molecule has 0 bridgehead atoms. The number of aryl methyl sites for hydroxylation is 1. The number of nitrogens with one attached hydrogen (secondary N) is 1. The Bertz CT molecular complexity index is 629. The molecule has 0 aromatic heterocycles. The van der Waals surface area contributed by atoms with Crippen LogP contribution in [0, 0.1) is 18.3 Å². The minimum Gasteiger partial charge on any atom is -0.351 e. The second kappa shape index (κ2) is 6.58. The number of nitrogens with zero attached hydrogens (tertiary/aromatic N) is 1. The van der Waals surface area contributed by atoms with Gasteiger partial charge in [0.25, 0.3) is 0 Å². The number of hydrogen-bond acceptors (Lipinski definition) is 2. The Kier molecular flexibility index (Phi) is 5.07. The lowest BCUT2D eigenvalue weighted by molar-refractivity contribution is -0.128. The van der Waals surface area contributed by atoms with Crippen LogP contribution in [0.15, 0.2) is 24.3 Å². The summed E-state index contributed by atoms with van der Waals surface area (Å²) in [5, 5.41) is 3.14. The molecular formula is C20H30N2O2. The first-order chi connectivity index (χ1) is 11.0. The van der Waals surface area contributed by atoms with Crippen molar-refractivity contribution in [3.05, 3.63) is 29.8 Å². The van der Waals surface area contributed by atoms with Crippen molar-refractivity contribution in [2.45, 2.75) is 59.9 Å². The van der Waals surface area contributed by atoms with Crippen LogP contribution in [0.2, 0.25) is 0 Å². The van der Waals surface area contributed by atoms with Gasteiger partial charge in [0.2, 0.25) is 11.8 Å². The van der Waals surface area contributed by atoms with Crippen LogP contribution in [0.25, 0.3) is 0 Å². The van der Waals surface area contributed by atoms with Crippen LogP contribution in [0.1, 0.15) is 53.0 Å². The molecule has 1 aliphatic rings. The van der Waals surface area contributed by atoms with Crippen LogP contribution >= 0.6 is 0 Å². The zero-order chi connectivity index (χ0) is 18.1. The third-order valence-electron chi connectivity index (χ3n) is 4.24. The van der Waals surface area contributed by atoms with E-state index < -0.39 is 0 Å². The Labute approximate surface area is 145 Å². The van der Waals surface area contributed by atoms with Crippen molar-refractivity contribution in [2.24, 2.45) is 11.3 Å². The topological polar surface area (TPSA) is 49.4 Å². The molecule has 1 unspecified atom stereocenters. The molecule has 24 heavy (non-hydrogen) atoms. The average molecular weight is 330 g/mol. The second-order valence-electron chi connectivity index (χ2n) is 8.85. The number of amides is 2. The minimum absolute atomic E-state index is 0.0206. The fourth-order valence-electron chi connectivity index (χ4n) is 3.73. The Balaban J connectivity index is 2.04. The molecular weight excluding hydrogens is 300 g/mol. The zero-order valence-electron chi connectivity index (χ0n) is 15.8. The molecule has 1 saturated heterocycles. The first-order valence-corrected chi connectivity index (χ1v) is 8.66. The lowest BCUT2D eigenvalue weighted by atomic mass is 9.81. The molecule has 1 heterocycles. The maximum Gasteiger partial charge on any atom is 0.227 e. The van der Waals surface area contributed by atoms with Gasteiger partial charge in [0.05, 0.1) is 5.92 Å². The summed E-state index contributed by atoms with van der Waals surface area (Å²) in [7, 11) is 0. The minimum atomic E-state index is -0.283. The average Bonchev–Trinajstić information content (AvgIpc) is 2.77. The van der Waals surface area contributed by atoms with Crippen LogP contribution in [0.3, 0.4) is 0 Å². The molecule has 4 heteroatoms. The van der Waals surface area contributed by atoms with E-state index in [1.807, 2.05) is 45.0 Å². The predicted molar refractivity (Wildman–Crippen MR) is 97.9 cm³/mol. The number of anilines is 1. The van der Waals surface area contributed by atoms with E-state index in [0.29, 0.717) is 6.54 Å². The predicted octanol–water partition coefficient (Wildman–Crippen LogP) is 3.68. The Hall–Kier alpha value is -1.84. The number of benzene rings is 1. The standard InChI is InChI=1S/C20H30N2O2/c1-14-8-7-9-16(10-14)22-12-15(11-17(22)23)18(24)21-20(5,6)13-19(2,3)4/h7-10,15H,11-13H2,1-6H3,(H,21,24). The number of hydrogen-bond donors (Lipinski definition) is 1. The summed E-state index contributed by atoms with van der Waals surface area (Å²) < 4.78 is 0. The molecule has 1 aromatic rings. The van der Waals surface area contributed by atoms with Crippen molar-refractivity contribution < 1.29 is 9.59 Å². The monoisotopic (exact) mass is 330 g/mol. The van der Waals surface area contributed by atoms with Gasteiger partial charge in [0.15, 0.2) is 0 Å². The number of rotatable bonds is 4. The molecule has 1 N–H and O–H groups in total. The molecule has 1 fully saturated rings. The van der Waals surface area contributed by atoms with Crippen molar-refractivity contribution in [1.82, 2.24) is 5.32 Å². The molecule has 0 spiro atoms. The molecule has 2 amide bonds. The van der Waals surface area contributed by atoms with Crippen molar-refractivity contribution >= 4 is 17.5 Å². The quantitative estimate of drug-likeness (QED) is 0.915. The first kappa shape index (κ1) is 18.5.